The summed E-state index contributed by atoms with van der Waals surface area (Å²) in [6, 6.07) is 21.1. The molecular formula is C21H17NO2. The molecule has 1 aromatic heterocycles. The van der Waals surface area contributed by atoms with Crippen LogP contribution in [0.4, 0.5) is 0 Å². The minimum Gasteiger partial charge on any atom is -0.392 e. The molecule has 0 aliphatic rings. The lowest BCUT2D eigenvalue weighted by molar-refractivity contribution is 0.112. The van der Waals surface area contributed by atoms with Crippen molar-refractivity contribution in [2.75, 3.05) is 0 Å². The summed E-state index contributed by atoms with van der Waals surface area (Å²) in [6.45, 7) is -0.0276. The standard InChI is InChI=1S/C16H12O2.C5H5N/c17-9-15-11-5-1-2-6-12(11)16(10-18)14-8-4-3-7-13(14)15;1-2-4-6-5-3-1/h1-9,18H,10H2;1-5H. The number of aliphatic hydroxyl groups excluding tert-OH is 1. The van der Waals surface area contributed by atoms with Crippen molar-refractivity contribution in [1.29, 1.82) is 0 Å². The van der Waals surface area contributed by atoms with Gasteiger partial charge in [0.2, 0.25) is 0 Å². The van der Waals surface area contributed by atoms with Gasteiger partial charge in [0.1, 0.15) is 0 Å². The van der Waals surface area contributed by atoms with Gasteiger partial charge in [0, 0.05) is 18.0 Å². The molecule has 0 fully saturated rings. The zero-order valence-electron chi connectivity index (χ0n) is 13.1. The first-order valence-corrected chi connectivity index (χ1v) is 7.70. The average molecular weight is 315 g/mol. The summed E-state index contributed by atoms with van der Waals surface area (Å²) in [5, 5.41) is 13.3. The summed E-state index contributed by atoms with van der Waals surface area (Å²) in [7, 11) is 0. The zero-order valence-corrected chi connectivity index (χ0v) is 13.1. The smallest absolute Gasteiger partial charge is 0.151 e. The third-order valence-corrected chi connectivity index (χ3v) is 3.93. The van der Waals surface area contributed by atoms with Gasteiger partial charge in [-0.2, -0.15) is 0 Å². The highest BCUT2D eigenvalue weighted by Gasteiger charge is 2.11. The van der Waals surface area contributed by atoms with Crippen LogP contribution in [0.1, 0.15) is 15.9 Å². The lowest BCUT2D eigenvalue weighted by Crippen LogP contribution is -1.94. The maximum Gasteiger partial charge on any atom is 0.151 e. The van der Waals surface area contributed by atoms with Gasteiger partial charge in [-0.15, -0.1) is 0 Å². The quantitative estimate of drug-likeness (QED) is 0.441. The van der Waals surface area contributed by atoms with E-state index in [-0.39, 0.29) is 6.61 Å². The second-order valence-corrected chi connectivity index (χ2v) is 5.28. The van der Waals surface area contributed by atoms with Crippen molar-refractivity contribution in [1.82, 2.24) is 4.98 Å². The fourth-order valence-corrected chi connectivity index (χ4v) is 2.86. The molecule has 0 atom stereocenters. The van der Waals surface area contributed by atoms with Crippen LogP contribution in [-0.2, 0) is 6.61 Å². The van der Waals surface area contributed by atoms with Crippen LogP contribution < -0.4 is 0 Å². The van der Waals surface area contributed by atoms with Crippen LogP contribution in [0.3, 0.4) is 0 Å². The molecule has 3 nitrogen and oxygen atoms in total. The number of benzene rings is 3. The topological polar surface area (TPSA) is 50.2 Å². The summed E-state index contributed by atoms with van der Waals surface area (Å²) in [4.78, 5) is 15.2. The van der Waals surface area contributed by atoms with E-state index < -0.39 is 0 Å². The van der Waals surface area contributed by atoms with Gasteiger partial charge in [-0.1, -0.05) is 54.6 Å². The second-order valence-electron chi connectivity index (χ2n) is 5.28. The number of hydrogen-bond acceptors (Lipinski definition) is 3. The van der Waals surface area contributed by atoms with E-state index >= 15 is 0 Å². The number of aromatic nitrogens is 1. The van der Waals surface area contributed by atoms with E-state index in [1.165, 1.54) is 0 Å². The highest BCUT2D eigenvalue weighted by Crippen LogP contribution is 2.31. The van der Waals surface area contributed by atoms with Crippen molar-refractivity contribution >= 4 is 27.8 Å². The van der Waals surface area contributed by atoms with Crippen molar-refractivity contribution in [2.24, 2.45) is 0 Å². The minimum absolute atomic E-state index is 0.0276. The van der Waals surface area contributed by atoms with Crippen molar-refractivity contribution in [3.05, 3.63) is 90.3 Å². The van der Waals surface area contributed by atoms with E-state index in [0.717, 1.165) is 33.4 Å². The zero-order chi connectivity index (χ0) is 16.8. The summed E-state index contributed by atoms with van der Waals surface area (Å²) in [5.74, 6) is 0. The number of aldehydes is 1. The summed E-state index contributed by atoms with van der Waals surface area (Å²) >= 11 is 0. The number of carbonyl (C=O) groups is 1. The monoisotopic (exact) mass is 315 g/mol. The predicted octanol–water partition coefficient (Wildman–Crippen LogP) is 4.38. The Morgan fingerprint density at radius 3 is 1.58 bits per heavy atom. The van der Waals surface area contributed by atoms with Crippen molar-refractivity contribution in [3.8, 4) is 0 Å². The first kappa shape index (κ1) is 15.8. The van der Waals surface area contributed by atoms with E-state index in [2.05, 4.69) is 4.98 Å². The molecule has 118 valence electrons. The van der Waals surface area contributed by atoms with Crippen LogP contribution in [0.25, 0.3) is 21.5 Å². The van der Waals surface area contributed by atoms with Gasteiger partial charge >= 0.3 is 0 Å². The third-order valence-electron chi connectivity index (χ3n) is 3.93. The first-order chi connectivity index (χ1) is 11.9. The Bertz CT molecular complexity index is 881. The Labute approximate surface area is 140 Å². The number of pyridine rings is 1. The molecular weight excluding hydrogens is 298 g/mol. The van der Waals surface area contributed by atoms with Crippen molar-refractivity contribution < 1.29 is 9.90 Å². The molecule has 4 aromatic rings. The molecule has 0 bridgehead atoms. The SMILES string of the molecule is O=Cc1c2ccccc2c(CO)c2ccccc12.c1ccncc1. The van der Waals surface area contributed by atoms with Crippen LogP contribution >= 0.6 is 0 Å². The summed E-state index contributed by atoms with van der Waals surface area (Å²) < 4.78 is 0. The predicted molar refractivity (Wildman–Crippen MR) is 97.0 cm³/mol. The number of nitrogens with zero attached hydrogens (tertiary/aromatic N) is 1. The van der Waals surface area contributed by atoms with Gasteiger partial charge in [0.15, 0.2) is 6.29 Å². The molecule has 3 heteroatoms. The second kappa shape index (κ2) is 7.49. The Morgan fingerprint density at radius 1 is 0.750 bits per heavy atom. The normalized spacial score (nSPS) is 10.2. The Balaban J connectivity index is 0.000000238. The Hall–Kier alpha value is -3.04. The van der Waals surface area contributed by atoms with Gasteiger partial charge in [-0.25, -0.2) is 0 Å². The average Bonchev–Trinajstić information content (AvgIpc) is 2.68. The number of carbonyl (C=O) groups excluding carboxylic acids is 1. The molecule has 24 heavy (non-hydrogen) atoms. The van der Waals surface area contributed by atoms with Crippen molar-refractivity contribution in [2.45, 2.75) is 6.61 Å². The van der Waals surface area contributed by atoms with Crippen LogP contribution in [0.2, 0.25) is 0 Å². The van der Waals surface area contributed by atoms with Crippen LogP contribution in [-0.4, -0.2) is 16.4 Å². The molecule has 1 heterocycles. The third kappa shape index (κ3) is 3.03. The fraction of sp³-hybridized carbons (Fsp3) is 0.0476. The minimum atomic E-state index is -0.0276. The highest BCUT2D eigenvalue weighted by molar-refractivity contribution is 6.14. The molecule has 0 radical (unpaired) electrons. The van der Waals surface area contributed by atoms with E-state index in [0.29, 0.717) is 5.56 Å². The van der Waals surface area contributed by atoms with Crippen molar-refractivity contribution in [3.63, 3.8) is 0 Å². The van der Waals surface area contributed by atoms with Gasteiger partial charge in [0.25, 0.3) is 0 Å². The molecule has 0 aliphatic heterocycles. The number of aliphatic hydroxyl groups is 1. The summed E-state index contributed by atoms with van der Waals surface area (Å²) in [6.07, 6.45) is 4.39. The van der Waals surface area contributed by atoms with Gasteiger partial charge < -0.3 is 5.11 Å². The van der Waals surface area contributed by atoms with Crippen LogP contribution in [0, 0.1) is 0 Å². The molecule has 1 N–H and O–H groups in total. The van der Waals surface area contributed by atoms with Crippen LogP contribution in [0.15, 0.2) is 79.1 Å². The maximum atomic E-state index is 11.4. The van der Waals surface area contributed by atoms with E-state index in [1.807, 2.05) is 66.7 Å². The Kier molecular flexibility index (Phi) is 4.94. The maximum absolute atomic E-state index is 11.4. The largest absolute Gasteiger partial charge is 0.392 e. The van der Waals surface area contributed by atoms with Crippen LogP contribution in [0.5, 0.6) is 0 Å². The molecule has 4 rings (SSSR count). The molecule has 0 spiro atoms. The number of hydrogen-bond donors (Lipinski definition) is 1. The lowest BCUT2D eigenvalue weighted by atomic mass is 9.92. The lowest BCUT2D eigenvalue weighted by Gasteiger charge is -2.12. The molecule has 0 amide bonds. The summed E-state index contributed by atoms with van der Waals surface area (Å²) in [5.41, 5.74) is 1.57. The molecule has 0 unspecified atom stereocenters. The van der Waals surface area contributed by atoms with Gasteiger partial charge in [0.05, 0.1) is 6.61 Å². The fourth-order valence-electron chi connectivity index (χ4n) is 2.86. The van der Waals surface area contributed by atoms with E-state index in [1.54, 1.807) is 12.4 Å². The van der Waals surface area contributed by atoms with Gasteiger partial charge in [-0.05, 0) is 39.2 Å². The molecule has 0 saturated heterocycles. The number of fused-ring (bicyclic) bond motifs is 2. The molecule has 3 aromatic carbocycles. The first-order valence-electron chi connectivity index (χ1n) is 7.70. The Morgan fingerprint density at radius 2 is 1.25 bits per heavy atom. The molecule has 0 aliphatic carbocycles. The van der Waals surface area contributed by atoms with E-state index in [4.69, 9.17) is 0 Å². The number of rotatable bonds is 2. The molecule has 0 saturated carbocycles. The van der Waals surface area contributed by atoms with E-state index in [9.17, 15) is 9.90 Å². The highest BCUT2D eigenvalue weighted by atomic mass is 16.3. The van der Waals surface area contributed by atoms with Gasteiger partial charge in [-0.3, -0.25) is 9.78 Å².